The lowest BCUT2D eigenvalue weighted by molar-refractivity contribution is 0.415. The molecule has 6 nitrogen and oxygen atoms in total. The molecule has 0 fully saturated rings. The van der Waals surface area contributed by atoms with Gasteiger partial charge in [0.1, 0.15) is 11.5 Å². The molecule has 0 bridgehead atoms. The fourth-order valence-corrected chi connectivity index (χ4v) is 2.08. The van der Waals surface area contributed by atoms with E-state index < -0.39 is 0 Å². The molecule has 2 aromatic carbocycles. The van der Waals surface area contributed by atoms with Crippen LogP contribution in [0.1, 0.15) is 11.1 Å². The van der Waals surface area contributed by atoms with Crippen LogP contribution in [0.15, 0.2) is 54.7 Å². The second-order valence-corrected chi connectivity index (χ2v) is 5.14. The number of phenolic OH excluding ortho intramolecular Hbond substituents is 1. The van der Waals surface area contributed by atoms with Crippen LogP contribution in [-0.2, 0) is 0 Å². The summed E-state index contributed by atoms with van der Waals surface area (Å²) < 4.78 is 5.13. The summed E-state index contributed by atoms with van der Waals surface area (Å²) in [5, 5.41) is 12.5. The topological polar surface area (TPSA) is 93.3 Å². The van der Waals surface area contributed by atoms with Gasteiger partial charge in [-0.1, -0.05) is 11.8 Å². The number of methoxy groups -OCH3 is 1. The molecule has 0 aliphatic rings. The monoisotopic (exact) mass is 368 g/mol. The Balaban J connectivity index is 0.00000243. The zero-order chi connectivity index (χ0) is 17.6. The van der Waals surface area contributed by atoms with Gasteiger partial charge < -0.3 is 20.9 Å². The van der Waals surface area contributed by atoms with Gasteiger partial charge in [-0.15, -0.1) is 12.4 Å². The van der Waals surface area contributed by atoms with Gasteiger partial charge >= 0.3 is 0 Å². The van der Waals surface area contributed by atoms with Crippen LogP contribution in [0.3, 0.4) is 0 Å². The van der Waals surface area contributed by atoms with Crippen molar-refractivity contribution >= 4 is 29.9 Å². The van der Waals surface area contributed by atoms with Gasteiger partial charge in [-0.25, -0.2) is 4.98 Å². The van der Waals surface area contributed by atoms with Crippen LogP contribution in [0.5, 0.6) is 11.5 Å². The predicted molar refractivity (Wildman–Crippen MR) is 104 cm³/mol. The standard InChI is InChI=1S/C19H16N4O2.ClH/c1-25-17-10-3-13(4-11-17)2-5-14-12-21-19(20)23-18(14)22-15-6-8-16(24)9-7-15;/h3-4,6-12,24H,1H3,(H3,20,21,22,23);1H. The molecule has 26 heavy (non-hydrogen) atoms. The first kappa shape index (κ1) is 18.9. The Morgan fingerprint density at radius 1 is 1.04 bits per heavy atom. The largest absolute Gasteiger partial charge is 0.508 e. The van der Waals surface area contributed by atoms with Gasteiger partial charge in [-0.2, -0.15) is 4.98 Å². The highest BCUT2D eigenvalue weighted by Gasteiger charge is 2.05. The highest BCUT2D eigenvalue weighted by molar-refractivity contribution is 5.85. The highest BCUT2D eigenvalue weighted by Crippen LogP contribution is 2.21. The van der Waals surface area contributed by atoms with Gasteiger partial charge in [0.15, 0.2) is 5.82 Å². The number of rotatable bonds is 3. The van der Waals surface area contributed by atoms with Crippen molar-refractivity contribution in [3.63, 3.8) is 0 Å². The van der Waals surface area contributed by atoms with Crippen LogP contribution in [-0.4, -0.2) is 22.2 Å². The average molecular weight is 369 g/mol. The Hall–Kier alpha value is -3.43. The lowest BCUT2D eigenvalue weighted by Gasteiger charge is -2.08. The minimum absolute atomic E-state index is 0. The van der Waals surface area contributed by atoms with Crippen molar-refractivity contribution in [3.05, 3.63) is 65.9 Å². The smallest absolute Gasteiger partial charge is 0.222 e. The van der Waals surface area contributed by atoms with E-state index in [0.717, 1.165) is 17.0 Å². The zero-order valence-corrected chi connectivity index (χ0v) is 14.7. The molecule has 0 radical (unpaired) electrons. The van der Waals surface area contributed by atoms with Gasteiger partial charge in [0.05, 0.1) is 18.9 Å². The van der Waals surface area contributed by atoms with Crippen molar-refractivity contribution in [1.82, 2.24) is 9.97 Å². The third-order valence-electron chi connectivity index (χ3n) is 3.37. The molecule has 0 aliphatic carbocycles. The van der Waals surface area contributed by atoms with E-state index in [0.29, 0.717) is 11.4 Å². The zero-order valence-electron chi connectivity index (χ0n) is 13.9. The molecular weight excluding hydrogens is 352 g/mol. The number of hydrogen-bond donors (Lipinski definition) is 3. The molecule has 3 aromatic rings. The van der Waals surface area contributed by atoms with Gasteiger partial charge in [0, 0.05) is 11.3 Å². The number of ether oxygens (including phenoxy) is 1. The minimum Gasteiger partial charge on any atom is -0.508 e. The minimum atomic E-state index is 0. The van der Waals surface area contributed by atoms with Crippen LogP contribution >= 0.6 is 12.4 Å². The summed E-state index contributed by atoms with van der Waals surface area (Å²) in [5.74, 6) is 7.71. The Morgan fingerprint density at radius 2 is 1.73 bits per heavy atom. The van der Waals surface area contributed by atoms with E-state index in [2.05, 4.69) is 27.1 Å². The predicted octanol–water partition coefficient (Wildman–Crippen LogP) is 3.34. The number of aromatic nitrogens is 2. The average Bonchev–Trinajstić information content (AvgIpc) is 2.63. The van der Waals surface area contributed by atoms with E-state index in [1.165, 1.54) is 0 Å². The normalized spacial score (nSPS) is 9.42. The van der Waals surface area contributed by atoms with Crippen LogP contribution < -0.4 is 15.8 Å². The fourth-order valence-electron chi connectivity index (χ4n) is 2.08. The van der Waals surface area contributed by atoms with Crippen molar-refractivity contribution in [2.75, 3.05) is 18.2 Å². The Bertz CT molecular complexity index is 932. The molecule has 0 amide bonds. The number of halogens is 1. The number of anilines is 3. The highest BCUT2D eigenvalue weighted by atomic mass is 35.5. The number of benzene rings is 2. The molecule has 0 spiro atoms. The lowest BCUT2D eigenvalue weighted by atomic mass is 10.2. The summed E-state index contributed by atoms with van der Waals surface area (Å²) in [7, 11) is 1.62. The van der Waals surface area contributed by atoms with Crippen molar-refractivity contribution in [1.29, 1.82) is 0 Å². The molecule has 1 heterocycles. The summed E-state index contributed by atoms with van der Waals surface area (Å²) in [6.45, 7) is 0. The maximum Gasteiger partial charge on any atom is 0.222 e. The summed E-state index contributed by atoms with van der Waals surface area (Å²) in [6.07, 6.45) is 1.57. The lowest BCUT2D eigenvalue weighted by Crippen LogP contribution is -2.02. The molecule has 4 N–H and O–H groups in total. The van der Waals surface area contributed by atoms with Crippen molar-refractivity contribution in [2.45, 2.75) is 0 Å². The van der Waals surface area contributed by atoms with Gasteiger partial charge in [-0.05, 0) is 48.5 Å². The second-order valence-electron chi connectivity index (χ2n) is 5.14. The summed E-state index contributed by atoms with van der Waals surface area (Å²) in [5.41, 5.74) is 7.88. The first-order valence-corrected chi connectivity index (χ1v) is 7.49. The fraction of sp³-hybridized carbons (Fsp3) is 0.0526. The van der Waals surface area contributed by atoms with Crippen LogP contribution in [0, 0.1) is 11.8 Å². The van der Waals surface area contributed by atoms with Crippen molar-refractivity contribution in [2.24, 2.45) is 0 Å². The maximum atomic E-state index is 9.36. The number of nitrogens with two attached hydrogens (primary N) is 1. The molecule has 0 atom stereocenters. The number of hydrogen-bond acceptors (Lipinski definition) is 6. The van der Waals surface area contributed by atoms with Gasteiger partial charge in [-0.3, -0.25) is 0 Å². The molecule has 132 valence electrons. The Kier molecular flexibility index (Phi) is 6.25. The van der Waals surface area contributed by atoms with Crippen molar-refractivity contribution in [3.8, 4) is 23.3 Å². The maximum absolute atomic E-state index is 9.36. The number of aromatic hydroxyl groups is 1. The summed E-state index contributed by atoms with van der Waals surface area (Å²) in [4.78, 5) is 8.20. The van der Waals surface area contributed by atoms with E-state index in [1.54, 1.807) is 37.6 Å². The van der Waals surface area contributed by atoms with Crippen LogP contribution in [0.4, 0.5) is 17.5 Å². The molecule has 7 heteroatoms. The van der Waals surface area contributed by atoms with Gasteiger partial charge in [0.25, 0.3) is 0 Å². The molecule has 0 saturated heterocycles. The van der Waals surface area contributed by atoms with Crippen LogP contribution in [0.25, 0.3) is 0 Å². The van der Waals surface area contributed by atoms with Gasteiger partial charge in [0.2, 0.25) is 5.95 Å². The number of phenols is 1. The second kappa shape index (κ2) is 8.60. The Morgan fingerprint density at radius 3 is 2.38 bits per heavy atom. The van der Waals surface area contributed by atoms with E-state index in [4.69, 9.17) is 10.5 Å². The quantitative estimate of drug-likeness (QED) is 0.485. The third kappa shape index (κ3) is 4.79. The SMILES string of the molecule is COc1ccc(C#Cc2cnc(N)nc2Nc2ccc(O)cc2)cc1.Cl. The van der Waals surface area contributed by atoms with E-state index in [1.807, 2.05) is 24.3 Å². The van der Waals surface area contributed by atoms with E-state index in [9.17, 15) is 5.11 Å². The number of nitrogens with zero attached hydrogens (tertiary/aromatic N) is 2. The number of nitrogens with one attached hydrogen (secondary N) is 1. The molecule has 0 aliphatic heterocycles. The molecular formula is C19H17ClN4O2. The first-order valence-electron chi connectivity index (χ1n) is 7.49. The molecule has 0 unspecified atom stereocenters. The van der Waals surface area contributed by atoms with Crippen LogP contribution in [0.2, 0.25) is 0 Å². The summed E-state index contributed by atoms with van der Waals surface area (Å²) >= 11 is 0. The number of nitrogen functional groups attached to an aromatic ring is 1. The molecule has 0 saturated carbocycles. The van der Waals surface area contributed by atoms with E-state index >= 15 is 0 Å². The Labute approximate surface area is 157 Å². The molecule has 1 aromatic heterocycles. The first-order chi connectivity index (χ1) is 12.1. The summed E-state index contributed by atoms with van der Waals surface area (Å²) in [6, 6.07) is 14.1. The molecule has 3 rings (SSSR count). The van der Waals surface area contributed by atoms with E-state index in [-0.39, 0.29) is 24.1 Å². The van der Waals surface area contributed by atoms with Crippen molar-refractivity contribution < 1.29 is 9.84 Å². The third-order valence-corrected chi connectivity index (χ3v) is 3.37.